The third-order valence-corrected chi connectivity index (χ3v) is 7.87. The lowest BCUT2D eigenvalue weighted by Gasteiger charge is -2.61. The Morgan fingerprint density at radius 1 is 1.19 bits per heavy atom. The van der Waals surface area contributed by atoms with Crippen LogP contribution in [0.2, 0.25) is 10.0 Å². The Kier molecular flexibility index (Phi) is 4.75. The fourth-order valence-corrected chi connectivity index (χ4v) is 7.14. The fourth-order valence-electron chi connectivity index (χ4n) is 6.79. The molecule has 4 saturated carbocycles. The van der Waals surface area contributed by atoms with Gasteiger partial charge >= 0.3 is 5.97 Å². The number of benzene rings is 1. The molecular formula is C22H23Cl2N3O4. The van der Waals surface area contributed by atoms with Gasteiger partial charge in [0.2, 0.25) is 0 Å². The van der Waals surface area contributed by atoms with Gasteiger partial charge in [-0.25, -0.2) is 4.68 Å². The summed E-state index contributed by atoms with van der Waals surface area (Å²) in [7, 11) is 0. The van der Waals surface area contributed by atoms with Crippen LogP contribution in [0.25, 0.3) is 0 Å². The molecular weight excluding hydrogens is 441 g/mol. The average Bonchev–Trinajstić information content (AvgIpc) is 2.66. The van der Waals surface area contributed by atoms with Gasteiger partial charge in [0, 0.05) is 5.02 Å². The summed E-state index contributed by atoms with van der Waals surface area (Å²) < 4.78 is 1.51. The fraction of sp³-hybridized carbons (Fsp3) is 0.500. The molecule has 4 aliphatic carbocycles. The highest BCUT2D eigenvalue weighted by molar-refractivity contribution is 6.33. The minimum Gasteiger partial charge on any atom is -0.506 e. The van der Waals surface area contributed by atoms with Crippen molar-refractivity contribution in [3.05, 3.63) is 44.8 Å². The van der Waals surface area contributed by atoms with E-state index < -0.39 is 17.1 Å². The number of carbonyl (C=O) groups is 1. The van der Waals surface area contributed by atoms with Crippen LogP contribution in [0.4, 0.5) is 11.4 Å². The standard InChI is InChI=1S/C22H23Cl2N3O4/c23-14-1-2-17(28)15(4-14)26-16-10-25-27(20(31)19(16)24)22-7-12-3-13(8-22)6-21(5-12,11-22)9-18(29)30/h1-2,4,10,12-13,26,28H,3,5-9,11H2,(H,29,30)/t12-,13-,21?,22?/m0/s1. The van der Waals surface area contributed by atoms with Crippen molar-refractivity contribution in [1.29, 1.82) is 0 Å². The Hall–Kier alpha value is -2.25. The summed E-state index contributed by atoms with van der Waals surface area (Å²) in [5.74, 6) is 0.0150. The van der Waals surface area contributed by atoms with Crippen molar-refractivity contribution in [2.75, 3.05) is 5.32 Å². The highest BCUT2D eigenvalue weighted by Crippen LogP contribution is 2.65. The van der Waals surface area contributed by atoms with Crippen LogP contribution >= 0.6 is 23.2 Å². The van der Waals surface area contributed by atoms with Gasteiger partial charge in [0.25, 0.3) is 5.56 Å². The Bertz CT molecular complexity index is 1120. The minimum atomic E-state index is -0.781. The second-order valence-electron chi connectivity index (χ2n) is 9.63. The average molecular weight is 464 g/mol. The molecule has 4 fully saturated rings. The van der Waals surface area contributed by atoms with Crippen LogP contribution < -0.4 is 10.9 Å². The first-order valence-electron chi connectivity index (χ1n) is 10.4. The van der Waals surface area contributed by atoms with Crippen molar-refractivity contribution < 1.29 is 15.0 Å². The van der Waals surface area contributed by atoms with E-state index in [0.29, 0.717) is 29.0 Å². The van der Waals surface area contributed by atoms with E-state index in [1.165, 1.54) is 23.0 Å². The van der Waals surface area contributed by atoms with Crippen molar-refractivity contribution in [3.63, 3.8) is 0 Å². The number of phenols is 1. The summed E-state index contributed by atoms with van der Waals surface area (Å²) in [6.07, 6.45) is 6.85. The Labute approximate surface area is 189 Å². The first-order chi connectivity index (χ1) is 14.7. The monoisotopic (exact) mass is 463 g/mol. The van der Waals surface area contributed by atoms with Gasteiger partial charge < -0.3 is 15.5 Å². The van der Waals surface area contributed by atoms with E-state index in [0.717, 1.165) is 32.1 Å². The molecule has 164 valence electrons. The lowest BCUT2D eigenvalue weighted by molar-refractivity contribution is -0.151. The zero-order valence-electron chi connectivity index (χ0n) is 16.8. The van der Waals surface area contributed by atoms with Gasteiger partial charge in [-0.05, 0) is 74.0 Å². The number of aliphatic carboxylic acids is 1. The summed E-state index contributed by atoms with van der Waals surface area (Å²) in [6.45, 7) is 0. The normalized spacial score (nSPS) is 31.0. The zero-order chi connectivity index (χ0) is 22.0. The van der Waals surface area contributed by atoms with Gasteiger partial charge in [0.1, 0.15) is 10.8 Å². The first-order valence-corrected chi connectivity index (χ1v) is 11.2. The highest BCUT2D eigenvalue weighted by atomic mass is 35.5. The molecule has 0 radical (unpaired) electrons. The number of phenolic OH excluding ortho intramolecular Hbond substituents is 1. The van der Waals surface area contributed by atoms with Crippen molar-refractivity contribution in [1.82, 2.24) is 9.78 Å². The van der Waals surface area contributed by atoms with E-state index in [-0.39, 0.29) is 28.3 Å². The van der Waals surface area contributed by atoms with Crippen LogP contribution in [0.1, 0.15) is 44.9 Å². The molecule has 0 amide bonds. The molecule has 4 aliphatic rings. The number of aromatic hydroxyl groups is 1. The lowest BCUT2D eigenvalue weighted by atomic mass is 9.46. The molecule has 31 heavy (non-hydrogen) atoms. The molecule has 2 atom stereocenters. The number of carboxylic acids is 1. The molecule has 1 aromatic heterocycles. The number of hydrogen-bond donors (Lipinski definition) is 3. The van der Waals surface area contributed by atoms with E-state index in [1.807, 2.05) is 0 Å². The predicted molar refractivity (Wildman–Crippen MR) is 117 cm³/mol. The maximum atomic E-state index is 13.3. The third kappa shape index (κ3) is 3.48. The Morgan fingerprint density at radius 3 is 2.58 bits per heavy atom. The zero-order valence-corrected chi connectivity index (χ0v) is 18.3. The molecule has 0 unspecified atom stereocenters. The molecule has 7 nitrogen and oxygen atoms in total. The number of carboxylic acid groups (broad SMARTS) is 1. The van der Waals surface area contributed by atoms with Crippen molar-refractivity contribution >= 4 is 40.5 Å². The number of hydrogen-bond acceptors (Lipinski definition) is 5. The number of anilines is 2. The predicted octanol–water partition coefficient (Wildman–Crippen LogP) is 4.77. The van der Waals surface area contributed by atoms with Crippen molar-refractivity contribution in [2.45, 2.75) is 50.5 Å². The first kappa shape index (κ1) is 20.6. The van der Waals surface area contributed by atoms with Crippen LogP contribution in [0.3, 0.4) is 0 Å². The molecule has 1 aromatic carbocycles. The molecule has 2 aromatic rings. The maximum absolute atomic E-state index is 13.3. The second-order valence-corrected chi connectivity index (χ2v) is 10.4. The van der Waals surface area contributed by atoms with Gasteiger partial charge in [-0.15, -0.1) is 0 Å². The smallest absolute Gasteiger partial charge is 0.303 e. The van der Waals surface area contributed by atoms with E-state index in [1.54, 1.807) is 6.07 Å². The Morgan fingerprint density at radius 2 is 1.90 bits per heavy atom. The van der Waals surface area contributed by atoms with E-state index in [4.69, 9.17) is 23.2 Å². The van der Waals surface area contributed by atoms with E-state index >= 15 is 0 Å². The van der Waals surface area contributed by atoms with Gasteiger partial charge in [0.05, 0.1) is 29.5 Å². The number of nitrogens with zero attached hydrogens (tertiary/aromatic N) is 2. The maximum Gasteiger partial charge on any atom is 0.303 e. The van der Waals surface area contributed by atoms with Crippen LogP contribution in [-0.2, 0) is 10.3 Å². The molecule has 0 aliphatic heterocycles. The summed E-state index contributed by atoms with van der Waals surface area (Å²) >= 11 is 12.5. The molecule has 0 saturated heterocycles. The van der Waals surface area contributed by atoms with Crippen LogP contribution in [-0.4, -0.2) is 26.0 Å². The third-order valence-electron chi connectivity index (χ3n) is 7.27. The molecule has 6 rings (SSSR count). The number of rotatable bonds is 5. The van der Waals surface area contributed by atoms with Crippen molar-refractivity contribution in [2.24, 2.45) is 17.3 Å². The molecule has 0 spiro atoms. The van der Waals surface area contributed by atoms with Gasteiger partial charge in [0.15, 0.2) is 0 Å². The molecule has 3 N–H and O–H groups in total. The quantitative estimate of drug-likeness (QED) is 0.551. The molecule has 4 bridgehead atoms. The summed E-state index contributed by atoms with van der Waals surface area (Å²) in [5.41, 5.74) is -0.557. The summed E-state index contributed by atoms with van der Waals surface area (Å²) in [4.78, 5) is 24.9. The van der Waals surface area contributed by atoms with Gasteiger partial charge in [-0.2, -0.15) is 5.10 Å². The second kappa shape index (κ2) is 7.14. The van der Waals surface area contributed by atoms with Crippen LogP contribution in [0.15, 0.2) is 29.2 Å². The van der Waals surface area contributed by atoms with Crippen LogP contribution in [0.5, 0.6) is 5.75 Å². The number of halogens is 2. The topological polar surface area (TPSA) is 104 Å². The number of aromatic nitrogens is 2. The molecule has 9 heteroatoms. The Balaban J connectivity index is 1.51. The lowest BCUT2D eigenvalue weighted by Crippen LogP contribution is -2.59. The summed E-state index contributed by atoms with van der Waals surface area (Å²) in [6, 6.07) is 4.54. The van der Waals surface area contributed by atoms with Crippen molar-refractivity contribution in [3.8, 4) is 5.75 Å². The van der Waals surface area contributed by atoms with E-state index in [9.17, 15) is 19.8 Å². The van der Waals surface area contributed by atoms with E-state index in [2.05, 4.69) is 10.4 Å². The number of nitrogens with one attached hydrogen (secondary N) is 1. The van der Waals surface area contributed by atoms with Gasteiger partial charge in [-0.1, -0.05) is 23.2 Å². The van der Waals surface area contributed by atoms with Gasteiger partial charge in [-0.3, -0.25) is 9.59 Å². The van der Waals surface area contributed by atoms with Crippen LogP contribution in [0, 0.1) is 17.3 Å². The minimum absolute atomic E-state index is 0.0163. The summed E-state index contributed by atoms with van der Waals surface area (Å²) in [5, 5.41) is 27.4. The molecule has 1 heterocycles. The highest BCUT2D eigenvalue weighted by Gasteiger charge is 2.59. The largest absolute Gasteiger partial charge is 0.506 e. The SMILES string of the molecule is O=C(O)CC12C[C@@H]3C[C@@H](C1)CC(n1ncc(Nc4cc(Cl)ccc4O)c(Cl)c1=O)(C3)C2.